The van der Waals surface area contributed by atoms with Gasteiger partial charge in [0.1, 0.15) is 5.75 Å². The van der Waals surface area contributed by atoms with Gasteiger partial charge in [0.05, 0.1) is 0 Å². The summed E-state index contributed by atoms with van der Waals surface area (Å²) in [6.45, 7) is 4.42. The van der Waals surface area contributed by atoms with Crippen LogP contribution in [0.4, 0.5) is 0 Å². The summed E-state index contributed by atoms with van der Waals surface area (Å²) in [5.74, 6) is 4.64. The van der Waals surface area contributed by atoms with E-state index in [1.165, 1.54) is 37.2 Å². The molecule has 114 valence electrons. The fraction of sp³-hybridized carbons (Fsp3) is 0.625. The van der Waals surface area contributed by atoms with Crippen molar-refractivity contribution in [3.8, 4) is 5.75 Å². The molecule has 0 aliphatic rings. The minimum Gasteiger partial charge on any atom is -0.507 e. The summed E-state index contributed by atoms with van der Waals surface area (Å²) < 4.78 is 1.08. The highest BCUT2D eigenvalue weighted by atomic mass is 79.9. The van der Waals surface area contributed by atoms with Crippen molar-refractivity contribution in [1.82, 2.24) is 0 Å². The zero-order valence-electron chi connectivity index (χ0n) is 12.5. The summed E-state index contributed by atoms with van der Waals surface area (Å²) in [5.41, 5.74) is 2.12. The fourth-order valence-electron chi connectivity index (χ4n) is 1.79. The zero-order chi connectivity index (χ0) is 14.8. The Morgan fingerprint density at radius 3 is 1.80 bits per heavy atom. The number of halogens is 1. The summed E-state index contributed by atoms with van der Waals surface area (Å²) in [7, 11) is 0. The Kier molecular flexibility index (Phi) is 9.91. The SMILES string of the molecule is CCCCSCc1cc(Br)cc(CSCCCC)c1O. The van der Waals surface area contributed by atoms with Gasteiger partial charge in [0.15, 0.2) is 0 Å². The van der Waals surface area contributed by atoms with Crippen molar-refractivity contribution < 1.29 is 5.11 Å². The van der Waals surface area contributed by atoms with Crippen LogP contribution in [0.3, 0.4) is 0 Å². The minimum atomic E-state index is 0.501. The molecule has 0 fully saturated rings. The molecule has 0 saturated carbocycles. The van der Waals surface area contributed by atoms with Crippen molar-refractivity contribution in [2.75, 3.05) is 11.5 Å². The molecule has 0 bridgehead atoms. The molecule has 0 atom stereocenters. The molecule has 1 N–H and O–H groups in total. The van der Waals surface area contributed by atoms with E-state index < -0.39 is 0 Å². The molecule has 0 radical (unpaired) electrons. The van der Waals surface area contributed by atoms with E-state index in [1.54, 1.807) is 0 Å². The molecule has 1 aromatic carbocycles. The summed E-state index contributed by atoms with van der Waals surface area (Å²) in [6.07, 6.45) is 4.96. The first-order valence-electron chi connectivity index (χ1n) is 7.34. The van der Waals surface area contributed by atoms with Crippen molar-refractivity contribution in [3.05, 3.63) is 27.7 Å². The highest BCUT2D eigenvalue weighted by Crippen LogP contribution is 2.33. The molecule has 0 aliphatic carbocycles. The second-order valence-corrected chi connectivity index (χ2v) is 8.01. The molecule has 0 saturated heterocycles. The van der Waals surface area contributed by atoms with Crippen molar-refractivity contribution >= 4 is 39.5 Å². The van der Waals surface area contributed by atoms with Crippen LogP contribution in [0.25, 0.3) is 0 Å². The van der Waals surface area contributed by atoms with Gasteiger partial charge < -0.3 is 5.11 Å². The topological polar surface area (TPSA) is 20.2 Å². The molecule has 0 unspecified atom stereocenters. The Hall–Kier alpha value is 0.200. The molecule has 0 amide bonds. The second kappa shape index (κ2) is 10.9. The molecule has 0 heterocycles. The Balaban J connectivity index is 2.59. The number of rotatable bonds is 10. The van der Waals surface area contributed by atoms with E-state index in [0.717, 1.165) is 27.1 Å². The van der Waals surface area contributed by atoms with Crippen LogP contribution in [-0.4, -0.2) is 16.6 Å². The highest BCUT2D eigenvalue weighted by molar-refractivity contribution is 9.10. The van der Waals surface area contributed by atoms with Gasteiger partial charge in [0.2, 0.25) is 0 Å². The van der Waals surface area contributed by atoms with Gasteiger partial charge in [-0.2, -0.15) is 23.5 Å². The quantitative estimate of drug-likeness (QED) is 0.489. The number of hydrogen-bond donors (Lipinski definition) is 1. The monoisotopic (exact) mass is 376 g/mol. The Bertz CT molecular complexity index is 363. The maximum absolute atomic E-state index is 10.4. The molecule has 0 aromatic heterocycles. The number of unbranched alkanes of at least 4 members (excludes halogenated alkanes) is 2. The van der Waals surface area contributed by atoms with Gasteiger partial charge in [0.25, 0.3) is 0 Å². The normalized spacial score (nSPS) is 10.9. The lowest BCUT2D eigenvalue weighted by Gasteiger charge is -2.11. The van der Waals surface area contributed by atoms with Crippen LogP contribution in [0.1, 0.15) is 50.7 Å². The van der Waals surface area contributed by atoms with Crippen LogP contribution in [0, 0.1) is 0 Å². The van der Waals surface area contributed by atoms with Crippen LogP contribution in [0.15, 0.2) is 16.6 Å². The van der Waals surface area contributed by atoms with E-state index >= 15 is 0 Å². The van der Waals surface area contributed by atoms with Gasteiger partial charge in [-0.15, -0.1) is 0 Å². The van der Waals surface area contributed by atoms with E-state index in [-0.39, 0.29) is 0 Å². The first-order chi connectivity index (χ1) is 9.69. The average Bonchev–Trinajstić information content (AvgIpc) is 2.44. The zero-order valence-corrected chi connectivity index (χ0v) is 15.7. The summed E-state index contributed by atoms with van der Waals surface area (Å²) >= 11 is 7.38. The van der Waals surface area contributed by atoms with Gasteiger partial charge in [-0.3, -0.25) is 0 Å². The van der Waals surface area contributed by atoms with E-state index in [9.17, 15) is 5.11 Å². The molecule has 0 aliphatic heterocycles. The van der Waals surface area contributed by atoms with Gasteiger partial charge in [-0.1, -0.05) is 42.6 Å². The van der Waals surface area contributed by atoms with Crippen LogP contribution in [0.5, 0.6) is 5.75 Å². The Morgan fingerprint density at radius 1 is 0.950 bits per heavy atom. The van der Waals surface area contributed by atoms with Crippen LogP contribution >= 0.6 is 39.5 Å². The van der Waals surface area contributed by atoms with E-state index in [0.29, 0.717) is 5.75 Å². The first kappa shape index (κ1) is 18.2. The van der Waals surface area contributed by atoms with E-state index in [4.69, 9.17) is 0 Å². The Morgan fingerprint density at radius 2 is 1.40 bits per heavy atom. The third-order valence-corrected chi connectivity index (χ3v) is 5.67. The molecular formula is C16H25BrOS2. The number of phenolic OH excluding ortho intramolecular Hbond substituents is 1. The van der Waals surface area contributed by atoms with Gasteiger partial charge >= 0.3 is 0 Å². The van der Waals surface area contributed by atoms with Crippen molar-refractivity contribution in [2.45, 2.75) is 51.0 Å². The van der Waals surface area contributed by atoms with Crippen molar-refractivity contribution in [2.24, 2.45) is 0 Å². The van der Waals surface area contributed by atoms with Gasteiger partial charge in [-0.25, -0.2) is 0 Å². The largest absolute Gasteiger partial charge is 0.507 e. The highest BCUT2D eigenvalue weighted by Gasteiger charge is 2.09. The number of benzene rings is 1. The lowest BCUT2D eigenvalue weighted by atomic mass is 10.1. The third kappa shape index (κ3) is 6.77. The van der Waals surface area contributed by atoms with E-state index in [1.807, 2.05) is 23.5 Å². The molecule has 4 heteroatoms. The van der Waals surface area contributed by atoms with Crippen LogP contribution < -0.4 is 0 Å². The lowest BCUT2D eigenvalue weighted by molar-refractivity contribution is 0.466. The molecule has 1 aromatic rings. The number of hydrogen-bond acceptors (Lipinski definition) is 3. The van der Waals surface area contributed by atoms with Crippen molar-refractivity contribution in [1.29, 1.82) is 0 Å². The number of aromatic hydroxyl groups is 1. The van der Waals surface area contributed by atoms with Crippen LogP contribution in [-0.2, 0) is 11.5 Å². The first-order valence-corrected chi connectivity index (χ1v) is 10.4. The Labute approximate surface area is 140 Å². The smallest absolute Gasteiger partial charge is 0.123 e. The standard InChI is InChI=1S/C16H25BrOS2/c1-3-5-7-19-11-13-9-15(17)10-14(16(13)18)12-20-8-6-4-2/h9-10,18H,3-8,11-12H2,1-2H3. The maximum Gasteiger partial charge on any atom is 0.123 e. The summed E-state index contributed by atoms with van der Waals surface area (Å²) in [6, 6.07) is 4.10. The molecule has 20 heavy (non-hydrogen) atoms. The minimum absolute atomic E-state index is 0.501. The molecule has 0 spiro atoms. The second-order valence-electron chi connectivity index (χ2n) is 4.88. The average molecular weight is 377 g/mol. The van der Waals surface area contributed by atoms with Gasteiger partial charge in [-0.05, 0) is 36.5 Å². The summed E-state index contributed by atoms with van der Waals surface area (Å²) in [5, 5.41) is 10.4. The predicted octanol–water partition coefficient (Wildman–Crippen LogP) is 6.22. The molecular weight excluding hydrogens is 352 g/mol. The maximum atomic E-state index is 10.4. The predicted molar refractivity (Wildman–Crippen MR) is 97.9 cm³/mol. The van der Waals surface area contributed by atoms with E-state index in [2.05, 4.69) is 41.9 Å². The molecule has 1 rings (SSSR count). The van der Waals surface area contributed by atoms with Crippen LogP contribution in [0.2, 0.25) is 0 Å². The fourth-order valence-corrected chi connectivity index (χ4v) is 4.50. The summed E-state index contributed by atoms with van der Waals surface area (Å²) in [4.78, 5) is 0. The van der Waals surface area contributed by atoms with Crippen molar-refractivity contribution in [3.63, 3.8) is 0 Å². The van der Waals surface area contributed by atoms with Gasteiger partial charge in [0, 0.05) is 27.1 Å². The molecule has 1 nitrogen and oxygen atoms in total. The number of thioether (sulfide) groups is 2. The lowest BCUT2D eigenvalue weighted by Crippen LogP contribution is -1.91. The third-order valence-electron chi connectivity index (χ3n) is 3.03. The number of phenols is 1.